The van der Waals surface area contributed by atoms with Crippen molar-refractivity contribution in [1.29, 1.82) is 0 Å². The maximum absolute atomic E-state index is 11.7. The second kappa shape index (κ2) is 6.80. The molecule has 0 aliphatic carbocycles. The van der Waals surface area contributed by atoms with Crippen LogP contribution in [-0.2, 0) is 16.0 Å². The first kappa shape index (κ1) is 15.8. The van der Waals surface area contributed by atoms with E-state index in [4.69, 9.17) is 21.1 Å². The summed E-state index contributed by atoms with van der Waals surface area (Å²) in [6.45, 7) is 9.89. The Labute approximate surface area is 119 Å². The molecule has 0 aliphatic heterocycles. The van der Waals surface area contributed by atoms with Gasteiger partial charge >= 0.3 is 5.97 Å². The molecule has 19 heavy (non-hydrogen) atoms. The number of carbonyl (C=O) groups is 1. The average Bonchev–Trinajstić information content (AvgIpc) is 2.31. The molecule has 0 saturated carbocycles. The zero-order chi connectivity index (χ0) is 14.6. The van der Waals surface area contributed by atoms with E-state index in [1.54, 1.807) is 6.92 Å². The summed E-state index contributed by atoms with van der Waals surface area (Å²) in [6, 6.07) is 1.88. The second-order valence-corrected chi connectivity index (χ2v) is 5.14. The van der Waals surface area contributed by atoms with Crippen molar-refractivity contribution in [3.8, 4) is 5.75 Å². The van der Waals surface area contributed by atoms with Crippen LogP contribution < -0.4 is 4.74 Å². The Bertz CT molecular complexity index is 467. The summed E-state index contributed by atoms with van der Waals surface area (Å²) in [6.07, 6.45) is 0.225. The zero-order valence-corrected chi connectivity index (χ0v) is 12.9. The summed E-state index contributed by atoms with van der Waals surface area (Å²) < 4.78 is 10.8. The summed E-state index contributed by atoms with van der Waals surface area (Å²) in [5.74, 6) is 0.446. The summed E-state index contributed by atoms with van der Waals surface area (Å²) >= 11 is 6.24. The number of rotatable bonds is 5. The number of hydrogen-bond donors (Lipinski definition) is 0. The number of ether oxygens (including phenoxy) is 2. The first-order valence-corrected chi connectivity index (χ1v) is 6.85. The Balaban J connectivity index is 3.17. The van der Waals surface area contributed by atoms with Gasteiger partial charge in [0.15, 0.2) is 0 Å². The highest BCUT2D eigenvalue weighted by Gasteiger charge is 2.17. The number of esters is 1. The molecule has 0 atom stereocenters. The highest BCUT2D eigenvalue weighted by atomic mass is 35.5. The van der Waals surface area contributed by atoms with Crippen LogP contribution in [0.3, 0.4) is 0 Å². The van der Waals surface area contributed by atoms with Crippen molar-refractivity contribution in [2.45, 2.75) is 47.1 Å². The maximum atomic E-state index is 11.7. The van der Waals surface area contributed by atoms with Gasteiger partial charge in [-0.2, -0.15) is 0 Å². The van der Waals surface area contributed by atoms with Crippen LogP contribution in [0.4, 0.5) is 0 Å². The van der Waals surface area contributed by atoms with E-state index in [1.165, 1.54) is 0 Å². The molecular weight excluding hydrogens is 264 g/mol. The number of aryl methyl sites for hydroxylation is 1. The normalized spacial score (nSPS) is 10.7. The SMILES string of the molecule is CCOC(=O)Cc1c(OC(C)C)cc(C)c(Cl)c1C. The molecule has 0 radical (unpaired) electrons. The fraction of sp³-hybridized carbons (Fsp3) is 0.533. The summed E-state index contributed by atoms with van der Waals surface area (Å²) in [4.78, 5) is 11.7. The highest BCUT2D eigenvalue weighted by molar-refractivity contribution is 6.32. The van der Waals surface area contributed by atoms with Gasteiger partial charge in [-0.25, -0.2) is 0 Å². The Hall–Kier alpha value is -1.22. The quantitative estimate of drug-likeness (QED) is 0.771. The van der Waals surface area contributed by atoms with Crippen LogP contribution in [-0.4, -0.2) is 18.7 Å². The van der Waals surface area contributed by atoms with E-state index in [0.717, 1.165) is 16.7 Å². The minimum Gasteiger partial charge on any atom is -0.491 e. The average molecular weight is 285 g/mol. The largest absolute Gasteiger partial charge is 0.491 e. The Morgan fingerprint density at radius 3 is 2.53 bits per heavy atom. The van der Waals surface area contributed by atoms with Crippen LogP contribution in [0.25, 0.3) is 0 Å². The lowest BCUT2D eigenvalue weighted by molar-refractivity contribution is -0.142. The molecule has 0 unspecified atom stereocenters. The number of benzene rings is 1. The molecule has 0 aromatic heterocycles. The fourth-order valence-corrected chi connectivity index (χ4v) is 2.06. The van der Waals surface area contributed by atoms with Gasteiger partial charge < -0.3 is 9.47 Å². The van der Waals surface area contributed by atoms with Crippen LogP contribution in [0.2, 0.25) is 5.02 Å². The molecular formula is C15H21ClO3. The third-order valence-electron chi connectivity index (χ3n) is 2.76. The topological polar surface area (TPSA) is 35.5 Å². The lowest BCUT2D eigenvalue weighted by atomic mass is 10.0. The van der Waals surface area contributed by atoms with Gasteiger partial charge in [0.1, 0.15) is 5.75 Å². The lowest BCUT2D eigenvalue weighted by Crippen LogP contribution is -2.13. The molecule has 0 bridgehead atoms. The van der Waals surface area contributed by atoms with E-state index >= 15 is 0 Å². The molecule has 106 valence electrons. The van der Waals surface area contributed by atoms with Gasteiger partial charge in [-0.3, -0.25) is 4.79 Å². The van der Waals surface area contributed by atoms with Gasteiger partial charge in [0.05, 0.1) is 19.1 Å². The van der Waals surface area contributed by atoms with Crippen molar-refractivity contribution in [1.82, 2.24) is 0 Å². The number of hydrogen-bond acceptors (Lipinski definition) is 3. The van der Waals surface area contributed by atoms with E-state index in [2.05, 4.69) is 0 Å². The zero-order valence-electron chi connectivity index (χ0n) is 12.2. The van der Waals surface area contributed by atoms with Crippen LogP contribution in [0.15, 0.2) is 6.07 Å². The van der Waals surface area contributed by atoms with E-state index in [1.807, 2.05) is 33.8 Å². The molecule has 0 heterocycles. The van der Waals surface area contributed by atoms with Gasteiger partial charge in [0, 0.05) is 10.6 Å². The second-order valence-electron chi connectivity index (χ2n) is 4.76. The number of carbonyl (C=O) groups excluding carboxylic acids is 1. The minimum absolute atomic E-state index is 0.0425. The molecule has 0 N–H and O–H groups in total. The van der Waals surface area contributed by atoms with E-state index in [9.17, 15) is 4.79 Å². The van der Waals surface area contributed by atoms with Gasteiger partial charge in [-0.15, -0.1) is 0 Å². The molecule has 1 aromatic carbocycles. The van der Waals surface area contributed by atoms with Gasteiger partial charge in [-0.1, -0.05) is 11.6 Å². The summed E-state index contributed by atoms with van der Waals surface area (Å²) in [5.41, 5.74) is 2.63. The van der Waals surface area contributed by atoms with Crippen molar-refractivity contribution in [3.05, 3.63) is 27.8 Å². The van der Waals surface area contributed by atoms with Crippen LogP contribution in [0.1, 0.15) is 37.5 Å². The molecule has 0 spiro atoms. The van der Waals surface area contributed by atoms with Gasteiger partial charge in [0.2, 0.25) is 0 Å². The Morgan fingerprint density at radius 2 is 2.00 bits per heavy atom. The lowest BCUT2D eigenvalue weighted by Gasteiger charge is -2.18. The predicted octanol–water partition coefficient (Wildman–Crippen LogP) is 3.85. The molecule has 0 fully saturated rings. The van der Waals surface area contributed by atoms with E-state index in [0.29, 0.717) is 17.4 Å². The maximum Gasteiger partial charge on any atom is 0.310 e. The Kier molecular flexibility index (Phi) is 5.67. The third-order valence-corrected chi connectivity index (χ3v) is 3.34. The Morgan fingerprint density at radius 1 is 1.37 bits per heavy atom. The van der Waals surface area contributed by atoms with E-state index in [-0.39, 0.29) is 18.5 Å². The monoisotopic (exact) mass is 284 g/mol. The van der Waals surface area contributed by atoms with Crippen LogP contribution >= 0.6 is 11.6 Å². The first-order valence-electron chi connectivity index (χ1n) is 6.47. The van der Waals surface area contributed by atoms with Crippen molar-refractivity contribution < 1.29 is 14.3 Å². The molecule has 4 heteroatoms. The summed E-state index contributed by atoms with van der Waals surface area (Å²) in [7, 11) is 0. The highest BCUT2D eigenvalue weighted by Crippen LogP contribution is 2.32. The molecule has 0 amide bonds. The fourth-order valence-electron chi connectivity index (χ4n) is 1.90. The predicted molar refractivity (Wildman–Crippen MR) is 77.0 cm³/mol. The molecule has 1 aromatic rings. The van der Waals surface area contributed by atoms with E-state index < -0.39 is 0 Å². The molecule has 0 saturated heterocycles. The summed E-state index contributed by atoms with van der Waals surface area (Å²) in [5, 5.41) is 0.676. The van der Waals surface area contributed by atoms with Crippen molar-refractivity contribution in [2.75, 3.05) is 6.61 Å². The van der Waals surface area contributed by atoms with Crippen molar-refractivity contribution >= 4 is 17.6 Å². The van der Waals surface area contributed by atoms with Crippen LogP contribution in [0, 0.1) is 13.8 Å². The first-order chi connectivity index (χ1) is 8.86. The number of halogens is 1. The molecule has 3 nitrogen and oxygen atoms in total. The minimum atomic E-state index is -0.265. The van der Waals surface area contributed by atoms with Crippen molar-refractivity contribution in [2.24, 2.45) is 0 Å². The van der Waals surface area contributed by atoms with Gasteiger partial charge in [-0.05, 0) is 51.8 Å². The molecule has 0 aliphatic rings. The third kappa shape index (κ3) is 4.13. The van der Waals surface area contributed by atoms with Gasteiger partial charge in [0.25, 0.3) is 0 Å². The van der Waals surface area contributed by atoms with Crippen LogP contribution in [0.5, 0.6) is 5.75 Å². The van der Waals surface area contributed by atoms with Crippen molar-refractivity contribution in [3.63, 3.8) is 0 Å². The smallest absolute Gasteiger partial charge is 0.310 e. The molecule has 1 rings (SSSR count). The standard InChI is InChI=1S/C15H21ClO3/c1-6-18-14(17)8-12-11(5)15(16)10(4)7-13(12)19-9(2)3/h7,9H,6,8H2,1-5H3.